The van der Waals surface area contributed by atoms with Gasteiger partial charge in [-0.3, -0.25) is 9.58 Å². The SMILES string of the molecule is CCCn1nccc1CN1CCC(CNC)C1. The second kappa shape index (κ2) is 6.17. The lowest BCUT2D eigenvalue weighted by atomic mass is 10.1. The van der Waals surface area contributed by atoms with Gasteiger partial charge in [0.1, 0.15) is 0 Å². The van der Waals surface area contributed by atoms with Crippen LogP contribution in [0.25, 0.3) is 0 Å². The van der Waals surface area contributed by atoms with Gasteiger partial charge in [-0.15, -0.1) is 0 Å². The van der Waals surface area contributed by atoms with Crippen molar-refractivity contribution in [1.82, 2.24) is 20.0 Å². The fourth-order valence-electron chi connectivity index (χ4n) is 2.65. The first-order chi connectivity index (χ1) is 8.33. The Morgan fingerprint density at radius 1 is 1.53 bits per heavy atom. The maximum Gasteiger partial charge on any atom is 0.0524 e. The van der Waals surface area contributed by atoms with Crippen molar-refractivity contribution in [2.45, 2.75) is 32.9 Å². The zero-order valence-corrected chi connectivity index (χ0v) is 11.0. The molecule has 2 heterocycles. The Labute approximate surface area is 104 Å². The molecule has 1 aromatic heterocycles. The van der Waals surface area contributed by atoms with Crippen LogP contribution in [0.1, 0.15) is 25.5 Å². The Balaban J connectivity index is 1.86. The molecule has 0 saturated carbocycles. The van der Waals surface area contributed by atoms with Gasteiger partial charge < -0.3 is 5.32 Å². The summed E-state index contributed by atoms with van der Waals surface area (Å²) in [5.74, 6) is 0.822. The minimum atomic E-state index is 0.822. The number of hydrogen-bond donors (Lipinski definition) is 1. The molecule has 0 aliphatic carbocycles. The highest BCUT2D eigenvalue weighted by atomic mass is 15.3. The monoisotopic (exact) mass is 236 g/mol. The average Bonchev–Trinajstić information content (AvgIpc) is 2.91. The highest BCUT2D eigenvalue weighted by molar-refractivity contribution is 5.01. The van der Waals surface area contributed by atoms with Crippen LogP contribution in [0.4, 0.5) is 0 Å². The van der Waals surface area contributed by atoms with E-state index in [-0.39, 0.29) is 0 Å². The Hall–Kier alpha value is -0.870. The average molecular weight is 236 g/mol. The number of aromatic nitrogens is 2. The second-order valence-electron chi connectivity index (χ2n) is 4.99. The van der Waals surface area contributed by atoms with Gasteiger partial charge in [-0.1, -0.05) is 6.92 Å². The molecule has 1 atom stereocenters. The van der Waals surface area contributed by atoms with E-state index in [2.05, 4.69) is 33.0 Å². The standard InChI is InChI=1S/C13H24N4/c1-3-7-17-13(4-6-15-17)11-16-8-5-12(10-16)9-14-2/h4,6,12,14H,3,5,7-11H2,1-2H3. The quantitative estimate of drug-likeness (QED) is 0.809. The molecule has 0 amide bonds. The van der Waals surface area contributed by atoms with Crippen LogP contribution >= 0.6 is 0 Å². The van der Waals surface area contributed by atoms with Crippen molar-refractivity contribution in [3.8, 4) is 0 Å². The molecule has 17 heavy (non-hydrogen) atoms. The molecule has 96 valence electrons. The molecule has 4 heteroatoms. The Morgan fingerprint density at radius 2 is 2.41 bits per heavy atom. The van der Waals surface area contributed by atoms with E-state index in [1.165, 1.54) is 25.2 Å². The smallest absolute Gasteiger partial charge is 0.0524 e. The summed E-state index contributed by atoms with van der Waals surface area (Å²) in [6.45, 7) is 7.88. The third kappa shape index (κ3) is 3.30. The van der Waals surface area contributed by atoms with Gasteiger partial charge in [0, 0.05) is 25.8 Å². The number of likely N-dealkylation sites (tertiary alicyclic amines) is 1. The lowest BCUT2D eigenvalue weighted by Gasteiger charge is -2.16. The van der Waals surface area contributed by atoms with Crippen LogP contribution in [0.5, 0.6) is 0 Å². The highest BCUT2D eigenvalue weighted by Gasteiger charge is 2.22. The molecule has 0 spiro atoms. The van der Waals surface area contributed by atoms with Gasteiger partial charge >= 0.3 is 0 Å². The van der Waals surface area contributed by atoms with E-state index in [4.69, 9.17) is 0 Å². The van der Waals surface area contributed by atoms with Crippen LogP contribution in [0.15, 0.2) is 12.3 Å². The van der Waals surface area contributed by atoms with Crippen molar-refractivity contribution in [2.75, 3.05) is 26.7 Å². The summed E-state index contributed by atoms with van der Waals surface area (Å²) in [5.41, 5.74) is 1.36. The Bertz CT molecular complexity index is 334. The summed E-state index contributed by atoms with van der Waals surface area (Å²) in [5, 5.41) is 7.66. The van der Waals surface area contributed by atoms with Crippen LogP contribution in [-0.2, 0) is 13.1 Å². The molecule has 1 unspecified atom stereocenters. The lowest BCUT2D eigenvalue weighted by Crippen LogP contribution is -2.25. The van der Waals surface area contributed by atoms with Gasteiger partial charge in [-0.05, 0) is 45.0 Å². The minimum absolute atomic E-state index is 0.822. The van der Waals surface area contributed by atoms with Gasteiger partial charge in [0.15, 0.2) is 0 Å². The molecule has 1 aromatic rings. The molecule has 0 radical (unpaired) electrons. The predicted octanol–water partition coefficient (Wildman–Crippen LogP) is 1.33. The molecule has 1 aliphatic rings. The molecule has 4 nitrogen and oxygen atoms in total. The van der Waals surface area contributed by atoms with Crippen molar-refractivity contribution in [1.29, 1.82) is 0 Å². The van der Waals surface area contributed by atoms with Gasteiger partial charge in [-0.25, -0.2) is 0 Å². The van der Waals surface area contributed by atoms with Gasteiger partial charge in [0.2, 0.25) is 0 Å². The van der Waals surface area contributed by atoms with Crippen molar-refractivity contribution in [2.24, 2.45) is 5.92 Å². The van der Waals surface area contributed by atoms with E-state index < -0.39 is 0 Å². The number of nitrogens with zero attached hydrogens (tertiary/aromatic N) is 3. The zero-order chi connectivity index (χ0) is 12.1. The first-order valence-corrected chi connectivity index (χ1v) is 6.71. The van der Waals surface area contributed by atoms with E-state index in [9.17, 15) is 0 Å². The first-order valence-electron chi connectivity index (χ1n) is 6.71. The lowest BCUT2D eigenvalue weighted by molar-refractivity contribution is 0.303. The number of hydrogen-bond acceptors (Lipinski definition) is 3. The van der Waals surface area contributed by atoms with Crippen molar-refractivity contribution in [3.05, 3.63) is 18.0 Å². The van der Waals surface area contributed by atoms with Crippen LogP contribution in [0.2, 0.25) is 0 Å². The molecular weight excluding hydrogens is 212 g/mol. The number of rotatable bonds is 6. The normalized spacial score (nSPS) is 21.2. The fourth-order valence-corrected chi connectivity index (χ4v) is 2.65. The van der Waals surface area contributed by atoms with E-state index in [1.54, 1.807) is 0 Å². The second-order valence-corrected chi connectivity index (χ2v) is 4.99. The van der Waals surface area contributed by atoms with Gasteiger partial charge in [0.25, 0.3) is 0 Å². The number of aryl methyl sites for hydroxylation is 1. The van der Waals surface area contributed by atoms with Crippen LogP contribution in [-0.4, -0.2) is 41.4 Å². The molecule has 1 N–H and O–H groups in total. The Kier molecular flexibility index (Phi) is 4.57. The maximum absolute atomic E-state index is 4.38. The molecular formula is C13H24N4. The molecule has 1 aliphatic heterocycles. The summed E-state index contributed by atoms with van der Waals surface area (Å²) in [6, 6.07) is 2.15. The Morgan fingerprint density at radius 3 is 3.18 bits per heavy atom. The number of nitrogens with one attached hydrogen (secondary N) is 1. The van der Waals surface area contributed by atoms with Crippen LogP contribution < -0.4 is 5.32 Å². The summed E-state index contributed by atoms with van der Waals surface area (Å²) in [6.07, 6.45) is 4.39. The predicted molar refractivity (Wildman–Crippen MR) is 69.8 cm³/mol. The summed E-state index contributed by atoms with van der Waals surface area (Å²) in [4.78, 5) is 2.55. The van der Waals surface area contributed by atoms with Crippen molar-refractivity contribution in [3.63, 3.8) is 0 Å². The van der Waals surface area contributed by atoms with E-state index in [0.29, 0.717) is 0 Å². The molecule has 1 fully saturated rings. The molecule has 1 saturated heterocycles. The van der Waals surface area contributed by atoms with E-state index >= 15 is 0 Å². The van der Waals surface area contributed by atoms with Crippen molar-refractivity contribution < 1.29 is 0 Å². The molecule has 0 aromatic carbocycles. The molecule has 0 bridgehead atoms. The summed E-state index contributed by atoms with van der Waals surface area (Å²) >= 11 is 0. The first kappa shape index (κ1) is 12.6. The maximum atomic E-state index is 4.38. The minimum Gasteiger partial charge on any atom is -0.319 e. The topological polar surface area (TPSA) is 33.1 Å². The van der Waals surface area contributed by atoms with Crippen LogP contribution in [0.3, 0.4) is 0 Å². The van der Waals surface area contributed by atoms with E-state index in [1.807, 2.05) is 13.2 Å². The van der Waals surface area contributed by atoms with Crippen molar-refractivity contribution >= 4 is 0 Å². The van der Waals surface area contributed by atoms with Crippen LogP contribution in [0, 0.1) is 5.92 Å². The van der Waals surface area contributed by atoms with E-state index in [0.717, 1.165) is 32.0 Å². The zero-order valence-electron chi connectivity index (χ0n) is 11.0. The largest absolute Gasteiger partial charge is 0.319 e. The van der Waals surface area contributed by atoms with Gasteiger partial charge in [0.05, 0.1) is 5.69 Å². The summed E-state index contributed by atoms with van der Waals surface area (Å²) in [7, 11) is 2.04. The third-order valence-corrected chi connectivity index (χ3v) is 3.49. The highest BCUT2D eigenvalue weighted by Crippen LogP contribution is 2.17. The fraction of sp³-hybridized carbons (Fsp3) is 0.769. The van der Waals surface area contributed by atoms with Gasteiger partial charge in [-0.2, -0.15) is 5.10 Å². The third-order valence-electron chi connectivity index (χ3n) is 3.49. The summed E-state index contributed by atoms with van der Waals surface area (Å²) < 4.78 is 2.14. The molecule has 2 rings (SSSR count).